The van der Waals surface area contributed by atoms with E-state index in [1.54, 1.807) is 19.0 Å². The number of benzene rings is 2. The summed E-state index contributed by atoms with van der Waals surface area (Å²) in [6.45, 7) is 5.09. The molecule has 0 bridgehead atoms. The predicted molar refractivity (Wildman–Crippen MR) is 121 cm³/mol. The van der Waals surface area contributed by atoms with E-state index in [-0.39, 0.29) is 5.91 Å². The van der Waals surface area contributed by atoms with E-state index in [1.807, 2.05) is 30.3 Å². The molecule has 1 aliphatic heterocycles. The molecule has 1 amide bonds. The van der Waals surface area contributed by atoms with Crippen LogP contribution in [0.2, 0.25) is 0 Å². The number of guanidine groups is 1. The monoisotopic (exact) mass is 408 g/mol. The number of nitrogens with one attached hydrogen (secondary N) is 2. The van der Waals surface area contributed by atoms with Gasteiger partial charge in [0.05, 0.1) is 6.61 Å². The number of nitrogens with zero attached hydrogens (tertiary/aromatic N) is 2. The third kappa shape index (κ3) is 5.75. The average molecular weight is 409 g/mol. The smallest absolute Gasteiger partial charge is 0.253 e. The van der Waals surface area contributed by atoms with Gasteiger partial charge in [-0.2, -0.15) is 0 Å². The van der Waals surface area contributed by atoms with E-state index < -0.39 is 0 Å². The molecule has 2 N–H and O–H groups in total. The molecule has 0 radical (unpaired) electrons. The van der Waals surface area contributed by atoms with Crippen molar-refractivity contribution in [2.45, 2.75) is 25.7 Å². The summed E-state index contributed by atoms with van der Waals surface area (Å²) >= 11 is 0. The van der Waals surface area contributed by atoms with E-state index in [2.05, 4.69) is 35.8 Å². The topological polar surface area (TPSA) is 66.0 Å². The normalized spacial score (nSPS) is 15.7. The lowest BCUT2D eigenvalue weighted by molar-refractivity contribution is 0.0827. The zero-order valence-corrected chi connectivity index (χ0v) is 18.1. The molecule has 2 aromatic carbocycles. The van der Waals surface area contributed by atoms with Crippen LogP contribution in [-0.4, -0.2) is 57.1 Å². The molecule has 160 valence electrons. The molecule has 6 heteroatoms. The van der Waals surface area contributed by atoms with Crippen LogP contribution in [-0.2, 0) is 6.42 Å². The molecule has 2 aromatic rings. The maximum absolute atomic E-state index is 12.2. The second kappa shape index (κ2) is 10.7. The number of hydrogen-bond donors (Lipinski definition) is 2. The van der Waals surface area contributed by atoms with Crippen LogP contribution in [0.1, 0.15) is 40.7 Å². The summed E-state index contributed by atoms with van der Waals surface area (Å²) in [6.07, 6.45) is 1.80. The van der Waals surface area contributed by atoms with Gasteiger partial charge in [0.15, 0.2) is 5.96 Å². The minimum atomic E-state index is 0.0245. The molecule has 30 heavy (non-hydrogen) atoms. The van der Waals surface area contributed by atoms with Gasteiger partial charge in [-0.1, -0.05) is 30.3 Å². The van der Waals surface area contributed by atoms with Gasteiger partial charge in [0.1, 0.15) is 5.75 Å². The Balaban J connectivity index is 1.58. The molecule has 6 nitrogen and oxygen atoms in total. The molecule has 0 saturated heterocycles. The Morgan fingerprint density at radius 2 is 2.00 bits per heavy atom. The van der Waals surface area contributed by atoms with Crippen molar-refractivity contribution in [3.8, 4) is 5.75 Å². The number of carbonyl (C=O) groups excluding carboxylic acids is 1. The number of hydrogen-bond acceptors (Lipinski definition) is 3. The van der Waals surface area contributed by atoms with Crippen molar-refractivity contribution in [2.24, 2.45) is 4.99 Å². The summed E-state index contributed by atoms with van der Waals surface area (Å²) in [6, 6.07) is 16.1. The van der Waals surface area contributed by atoms with Crippen molar-refractivity contribution in [1.29, 1.82) is 0 Å². The van der Waals surface area contributed by atoms with Gasteiger partial charge in [-0.15, -0.1) is 0 Å². The minimum absolute atomic E-state index is 0.0245. The first-order valence-corrected chi connectivity index (χ1v) is 10.6. The van der Waals surface area contributed by atoms with E-state index in [9.17, 15) is 4.79 Å². The lowest BCUT2D eigenvalue weighted by atomic mass is 9.93. The van der Waals surface area contributed by atoms with Gasteiger partial charge in [0.25, 0.3) is 5.91 Å². The molecular formula is C24H32N4O2. The number of amides is 1. The van der Waals surface area contributed by atoms with Crippen LogP contribution in [0.3, 0.4) is 0 Å². The fourth-order valence-corrected chi connectivity index (χ4v) is 3.59. The lowest BCUT2D eigenvalue weighted by Gasteiger charge is -2.25. The molecule has 1 atom stereocenters. The highest BCUT2D eigenvalue weighted by Gasteiger charge is 2.20. The fraction of sp³-hybridized carbons (Fsp3) is 0.417. The van der Waals surface area contributed by atoms with Crippen molar-refractivity contribution in [1.82, 2.24) is 15.5 Å². The maximum Gasteiger partial charge on any atom is 0.253 e. The zero-order valence-electron chi connectivity index (χ0n) is 18.1. The third-order valence-corrected chi connectivity index (χ3v) is 5.18. The number of ether oxygens (including phenoxy) is 1. The molecule has 0 aliphatic carbocycles. The Morgan fingerprint density at radius 1 is 1.17 bits per heavy atom. The predicted octanol–water partition coefficient (Wildman–Crippen LogP) is 3.05. The Morgan fingerprint density at radius 3 is 2.80 bits per heavy atom. The van der Waals surface area contributed by atoms with Gasteiger partial charge in [-0.05, 0) is 49.1 Å². The first-order valence-electron chi connectivity index (χ1n) is 10.6. The third-order valence-electron chi connectivity index (χ3n) is 5.18. The molecular weight excluding hydrogens is 376 g/mol. The van der Waals surface area contributed by atoms with Crippen molar-refractivity contribution >= 4 is 11.9 Å². The number of rotatable bonds is 7. The van der Waals surface area contributed by atoms with Crippen LogP contribution >= 0.6 is 0 Å². The van der Waals surface area contributed by atoms with Gasteiger partial charge in [-0.3, -0.25) is 9.79 Å². The number of fused-ring (bicyclic) bond motifs is 1. The highest BCUT2D eigenvalue weighted by Crippen LogP contribution is 2.33. The molecule has 1 aliphatic rings. The molecule has 1 unspecified atom stereocenters. The van der Waals surface area contributed by atoms with Crippen molar-refractivity contribution in [2.75, 3.05) is 40.3 Å². The van der Waals surface area contributed by atoms with Gasteiger partial charge < -0.3 is 20.3 Å². The highest BCUT2D eigenvalue weighted by atomic mass is 16.5. The van der Waals surface area contributed by atoms with Crippen molar-refractivity contribution in [3.63, 3.8) is 0 Å². The molecule has 0 spiro atoms. The maximum atomic E-state index is 12.2. The minimum Gasteiger partial charge on any atom is -0.493 e. The standard InChI is InChI=1S/C24H32N4O2/c1-4-25-24(27-17-20-13-15-30-22-11-6-5-10-21(20)22)26-14-12-18-8-7-9-19(16-18)23(29)28(2)3/h5-11,16,20H,4,12-15,17H2,1-3H3,(H2,25,26,27). The summed E-state index contributed by atoms with van der Waals surface area (Å²) in [5, 5.41) is 6.74. The van der Waals surface area contributed by atoms with E-state index >= 15 is 0 Å². The van der Waals surface area contributed by atoms with Gasteiger partial charge >= 0.3 is 0 Å². The van der Waals surface area contributed by atoms with Crippen molar-refractivity contribution in [3.05, 3.63) is 65.2 Å². The Labute approximate surface area is 179 Å². The van der Waals surface area contributed by atoms with Crippen molar-refractivity contribution < 1.29 is 9.53 Å². The lowest BCUT2D eigenvalue weighted by Crippen LogP contribution is -2.38. The molecule has 0 fully saturated rings. The molecule has 1 heterocycles. The second-order valence-electron chi connectivity index (χ2n) is 7.67. The van der Waals surface area contributed by atoms with E-state index in [4.69, 9.17) is 9.73 Å². The fourth-order valence-electron chi connectivity index (χ4n) is 3.59. The summed E-state index contributed by atoms with van der Waals surface area (Å²) in [5.41, 5.74) is 3.09. The Hall–Kier alpha value is -3.02. The number of aliphatic imine (C=N–C) groups is 1. The van der Waals surface area contributed by atoms with E-state index in [0.29, 0.717) is 5.92 Å². The van der Waals surface area contributed by atoms with Crippen LogP contribution in [0.25, 0.3) is 0 Å². The van der Waals surface area contributed by atoms with Crippen LogP contribution in [0.15, 0.2) is 53.5 Å². The largest absolute Gasteiger partial charge is 0.493 e. The zero-order chi connectivity index (χ0) is 21.3. The van der Waals surface area contributed by atoms with Gasteiger partial charge in [0, 0.05) is 45.2 Å². The van der Waals surface area contributed by atoms with Crippen LogP contribution < -0.4 is 15.4 Å². The highest BCUT2D eigenvalue weighted by molar-refractivity contribution is 5.94. The quantitative estimate of drug-likeness (QED) is 0.546. The molecule has 0 aromatic heterocycles. The Bertz CT molecular complexity index is 879. The number of carbonyl (C=O) groups is 1. The van der Waals surface area contributed by atoms with Crippen LogP contribution in [0.5, 0.6) is 5.75 Å². The molecule has 0 saturated carbocycles. The summed E-state index contributed by atoms with van der Waals surface area (Å²) in [7, 11) is 3.54. The van der Waals surface area contributed by atoms with E-state index in [1.165, 1.54) is 5.56 Å². The average Bonchev–Trinajstić information content (AvgIpc) is 2.77. The first kappa shape index (κ1) is 21.7. The SMILES string of the molecule is CCNC(=NCC1CCOc2ccccc21)NCCc1cccc(C(=O)N(C)C)c1. The van der Waals surface area contributed by atoms with Gasteiger partial charge in [-0.25, -0.2) is 0 Å². The van der Waals surface area contributed by atoms with E-state index in [0.717, 1.165) is 61.9 Å². The summed E-state index contributed by atoms with van der Waals surface area (Å²) < 4.78 is 5.76. The Kier molecular flexibility index (Phi) is 7.71. The van der Waals surface area contributed by atoms with Gasteiger partial charge in [0.2, 0.25) is 0 Å². The van der Waals surface area contributed by atoms with Crippen LogP contribution in [0, 0.1) is 0 Å². The number of para-hydroxylation sites is 1. The summed E-state index contributed by atoms with van der Waals surface area (Å²) in [4.78, 5) is 18.6. The molecule has 3 rings (SSSR count). The first-order chi connectivity index (χ1) is 14.6. The second-order valence-corrected chi connectivity index (χ2v) is 7.67. The van der Waals surface area contributed by atoms with Crippen LogP contribution in [0.4, 0.5) is 0 Å². The summed E-state index contributed by atoms with van der Waals surface area (Å²) in [5.74, 6) is 2.20.